The van der Waals surface area contributed by atoms with Crippen LogP contribution in [0, 0.1) is 13.8 Å². The highest BCUT2D eigenvalue weighted by molar-refractivity contribution is 5.30. The molecule has 0 saturated carbocycles. The zero-order valence-electron chi connectivity index (χ0n) is 10.2. The van der Waals surface area contributed by atoms with Crippen molar-refractivity contribution >= 4 is 0 Å². The van der Waals surface area contributed by atoms with Gasteiger partial charge in [0.25, 0.3) is 0 Å². The summed E-state index contributed by atoms with van der Waals surface area (Å²) >= 11 is 0. The fourth-order valence-corrected chi connectivity index (χ4v) is 1.90. The second kappa shape index (κ2) is 4.60. The Kier molecular flexibility index (Phi) is 3.16. The molecule has 0 amide bonds. The molecule has 90 valence electrons. The molecule has 2 heterocycles. The van der Waals surface area contributed by atoms with Crippen molar-refractivity contribution in [1.82, 2.24) is 25.4 Å². The van der Waals surface area contributed by atoms with Crippen molar-refractivity contribution in [3.63, 3.8) is 0 Å². The summed E-state index contributed by atoms with van der Waals surface area (Å²) < 4.78 is 1.70. The Bertz CT molecular complexity index is 518. The average Bonchev–Trinajstić information content (AvgIpc) is 2.69. The van der Waals surface area contributed by atoms with Gasteiger partial charge in [0.15, 0.2) is 0 Å². The number of aromatic nitrogens is 4. The van der Waals surface area contributed by atoms with Crippen LogP contribution in [-0.4, -0.2) is 20.0 Å². The lowest BCUT2D eigenvalue weighted by molar-refractivity contribution is 0.566. The molecule has 2 rings (SSSR count). The second-order valence-corrected chi connectivity index (χ2v) is 4.01. The average molecular weight is 232 g/mol. The van der Waals surface area contributed by atoms with Crippen LogP contribution in [-0.2, 0) is 7.05 Å². The first kappa shape index (κ1) is 11.7. The smallest absolute Gasteiger partial charge is 0.0912 e. The molecule has 0 aliphatic heterocycles. The number of aryl methyl sites for hydroxylation is 3. The van der Waals surface area contributed by atoms with Crippen molar-refractivity contribution < 1.29 is 0 Å². The molecule has 3 N–H and O–H groups in total. The van der Waals surface area contributed by atoms with Gasteiger partial charge in [0, 0.05) is 18.4 Å². The normalized spacial score (nSPS) is 12.7. The van der Waals surface area contributed by atoms with Gasteiger partial charge in [-0.25, -0.2) is 5.43 Å². The van der Waals surface area contributed by atoms with Crippen molar-refractivity contribution in [2.45, 2.75) is 19.9 Å². The van der Waals surface area contributed by atoms with Gasteiger partial charge in [0.05, 0.1) is 17.9 Å². The summed E-state index contributed by atoms with van der Waals surface area (Å²) in [5.41, 5.74) is 6.66. The highest BCUT2D eigenvalue weighted by Crippen LogP contribution is 2.22. The minimum atomic E-state index is -0.150. The summed E-state index contributed by atoms with van der Waals surface area (Å²) in [6.07, 6.45) is 1.70. The van der Waals surface area contributed by atoms with Gasteiger partial charge >= 0.3 is 0 Å². The number of pyridine rings is 1. The molecule has 0 saturated heterocycles. The van der Waals surface area contributed by atoms with Crippen molar-refractivity contribution in [3.05, 3.63) is 41.0 Å². The van der Waals surface area contributed by atoms with Gasteiger partial charge in [-0.15, -0.1) is 5.10 Å². The Labute approximate surface area is 99.8 Å². The van der Waals surface area contributed by atoms with Crippen LogP contribution in [0.1, 0.15) is 28.7 Å². The van der Waals surface area contributed by atoms with Crippen LogP contribution in [0.4, 0.5) is 0 Å². The quantitative estimate of drug-likeness (QED) is 0.590. The van der Waals surface area contributed by atoms with Crippen LogP contribution in [0.3, 0.4) is 0 Å². The van der Waals surface area contributed by atoms with Gasteiger partial charge in [-0.2, -0.15) is 0 Å². The van der Waals surface area contributed by atoms with E-state index >= 15 is 0 Å². The molecule has 0 spiro atoms. The van der Waals surface area contributed by atoms with E-state index in [9.17, 15) is 0 Å². The fourth-order valence-electron chi connectivity index (χ4n) is 1.90. The summed E-state index contributed by atoms with van der Waals surface area (Å²) in [6, 6.07) is 3.84. The summed E-state index contributed by atoms with van der Waals surface area (Å²) in [5, 5.41) is 7.77. The van der Waals surface area contributed by atoms with Gasteiger partial charge in [-0.05, 0) is 25.5 Å². The number of rotatable bonds is 3. The minimum Gasteiger partial charge on any atom is -0.271 e. The van der Waals surface area contributed by atoms with Crippen LogP contribution in [0.2, 0.25) is 0 Å². The van der Waals surface area contributed by atoms with Gasteiger partial charge in [0.1, 0.15) is 0 Å². The molecular formula is C11H16N6. The molecule has 0 aliphatic rings. The maximum absolute atomic E-state index is 5.63. The first-order valence-corrected chi connectivity index (χ1v) is 5.38. The molecule has 1 unspecified atom stereocenters. The van der Waals surface area contributed by atoms with Gasteiger partial charge in [0.2, 0.25) is 0 Å². The van der Waals surface area contributed by atoms with E-state index in [0.29, 0.717) is 0 Å². The molecular weight excluding hydrogens is 216 g/mol. The minimum absolute atomic E-state index is 0.150. The Morgan fingerprint density at radius 3 is 2.65 bits per heavy atom. The Balaban J connectivity index is 2.46. The zero-order chi connectivity index (χ0) is 12.4. The largest absolute Gasteiger partial charge is 0.271 e. The Hall–Kier alpha value is -1.79. The molecule has 2 aromatic rings. The SMILES string of the molecule is Cc1ccc(C(NN)c2cnnn2C)c(C)n1. The summed E-state index contributed by atoms with van der Waals surface area (Å²) in [7, 11) is 1.84. The number of nitrogens with zero attached hydrogens (tertiary/aromatic N) is 4. The summed E-state index contributed by atoms with van der Waals surface area (Å²) in [6.45, 7) is 3.93. The van der Waals surface area contributed by atoms with Gasteiger partial charge < -0.3 is 0 Å². The lowest BCUT2D eigenvalue weighted by atomic mass is 10.0. The predicted octanol–water partition coefficient (Wildman–Crippen LogP) is 0.380. The van der Waals surface area contributed by atoms with Crippen molar-refractivity contribution in [3.8, 4) is 0 Å². The molecule has 0 bridgehead atoms. The van der Waals surface area contributed by atoms with Crippen molar-refractivity contribution in [1.29, 1.82) is 0 Å². The highest BCUT2D eigenvalue weighted by atomic mass is 15.4. The third-order valence-corrected chi connectivity index (χ3v) is 2.79. The topological polar surface area (TPSA) is 81.6 Å². The third-order valence-electron chi connectivity index (χ3n) is 2.79. The zero-order valence-corrected chi connectivity index (χ0v) is 10.2. The molecule has 6 heteroatoms. The molecule has 0 aliphatic carbocycles. The third kappa shape index (κ3) is 2.17. The predicted molar refractivity (Wildman–Crippen MR) is 63.9 cm³/mol. The monoisotopic (exact) mass is 232 g/mol. The molecule has 2 aromatic heterocycles. The molecule has 0 aromatic carbocycles. The lowest BCUT2D eigenvalue weighted by Gasteiger charge is -2.17. The standard InChI is InChI=1S/C11H16N6/c1-7-4-5-9(8(2)14-7)11(15-12)10-6-13-16-17(10)3/h4-6,11,15H,12H2,1-3H3. The maximum atomic E-state index is 5.63. The van der Waals surface area contributed by atoms with E-state index in [1.165, 1.54) is 0 Å². The highest BCUT2D eigenvalue weighted by Gasteiger charge is 2.18. The number of hydrazine groups is 1. The van der Waals surface area contributed by atoms with Crippen LogP contribution < -0.4 is 11.3 Å². The van der Waals surface area contributed by atoms with Crippen LogP contribution in [0.25, 0.3) is 0 Å². The summed E-state index contributed by atoms with van der Waals surface area (Å²) in [5.74, 6) is 5.63. The van der Waals surface area contributed by atoms with E-state index < -0.39 is 0 Å². The second-order valence-electron chi connectivity index (χ2n) is 4.01. The summed E-state index contributed by atoms with van der Waals surface area (Å²) in [4.78, 5) is 4.44. The Morgan fingerprint density at radius 1 is 1.35 bits per heavy atom. The van der Waals surface area contributed by atoms with Crippen LogP contribution in [0.5, 0.6) is 0 Å². The van der Waals surface area contributed by atoms with Gasteiger partial charge in [-0.3, -0.25) is 15.5 Å². The van der Waals surface area contributed by atoms with E-state index in [0.717, 1.165) is 22.6 Å². The van der Waals surface area contributed by atoms with Crippen molar-refractivity contribution in [2.75, 3.05) is 0 Å². The lowest BCUT2D eigenvalue weighted by Crippen LogP contribution is -2.31. The Morgan fingerprint density at radius 2 is 2.12 bits per heavy atom. The van der Waals surface area contributed by atoms with Gasteiger partial charge in [-0.1, -0.05) is 11.3 Å². The van der Waals surface area contributed by atoms with Crippen LogP contribution >= 0.6 is 0 Å². The first-order valence-electron chi connectivity index (χ1n) is 5.38. The fraction of sp³-hybridized carbons (Fsp3) is 0.364. The van der Waals surface area contributed by atoms with E-state index in [-0.39, 0.29) is 6.04 Å². The molecule has 17 heavy (non-hydrogen) atoms. The number of hydrogen-bond donors (Lipinski definition) is 2. The van der Waals surface area contributed by atoms with Crippen molar-refractivity contribution in [2.24, 2.45) is 12.9 Å². The molecule has 0 fully saturated rings. The number of nitrogens with one attached hydrogen (secondary N) is 1. The molecule has 6 nitrogen and oxygen atoms in total. The van der Waals surface area contributed by atoms with E-state index in [4.69, 9.17) is 5.84 Å². The first-order chi connectivity index (χ1) is 8.13. The molecule has 1 atom stereocenters. The number of nitrogens with two attached hydrogens (primary N) is 1. The van der Waals surface area contributed by atoms with E-state index in [1.54, 1.807) is 10.9 Å². The number of hydrogen-bond acceptors (Lipinski definition) is 5. The van der Waals surface area contributed by atoms with Crippen LogP contribution in [0.15, 0.2) is 18.3 Å². The molecule has 0 radical (unpaired) electrons. The van der Waals surface area contributed by atoms with E-state index in [2.05, 4.69) is 20.7 Å². The van der Waals surface area contributed by atoms with E-state index in [1.807, 2.05) is 33.0 Å². The maximum Gasteiger partial charge on any atom is 0.0912 e.